The standard InChI is InChI=1S/C12H11ClN2O/c13-11-5-4-6-12(10(11)9-15)16-8-3-1-2-7-14/h4-6H,1-3,8H2. The zero-order chi connectivity index (χ0) is 11.8. The highest BCUT2D eigenvalue weighted by atomic mass is 35.5. The Hall–Kier alpha value is -1.71. The molecule has 0 saturated heterocycles. The van der Waals surface area contributed by atoms with Gasteiger partial charge in [-0.3, -0.25) is 0 Å². The van der Waals surface area contributed by atoms with Gasteiger partial charge in [0.05, 0.1) is 17.7 Å². The SMILES string of the molecule is N#CCCCCOc1cccc(Cl)c1C#N. The summed E-state index contributed by atoms with van der Waals surface area (Å²) in [7, 11) is 0. The first-order valence-electron chi connectivity index (χ1n) is 4.98. The van der Waals surface area contributed by atoms with Gasteiger partial charge >= 0.3 is 0 Å². The van der Waals surface area contributed by atoms with Gasteiger partial charge < -0.3 is 4.74 Å². The van der Waals surface area contributed by atoms with Crippen LogP contribution in [0, 0.1) is 22.7 Å². The van der Waals surface area contributed by atoms with Crippen LogP contribution >= 0.6 is 11.6 Å². The van der Waals surface area contributed by atoms with Crippen LogP contribution < -0.4 is 4.74 Å². The Kier molecular flexibility index (Phi) is 5.19. The third-order valence-corrected chi connectivity index (χ3v) is 2.34. The van der Waals surface area contributed by atoms with Crippen molar-refractivity contribution in [3.05, 3.63) is 28.8 Å². The molecule has 0 radical (unpaired) electrons. The van der Waals surface area contributed by atoms with Crippen molar-refractivity contribution in [2.45, 2.75) is 19.3 Å². The number of ether oxygens (including phenoxy) is 1. The maximum absolute atomic E-state index is 8.88. The number of halogens is 1. The van der Waals surface area contributed by atoms with Crippen molar-refractivity contribution in [3.8, 4) is 17.9 Å². The first-order chi connectivity index (χ1) is 7.79. The molecule has 1 rings (SSSR count). The van der Waals surface area contributed by atoms with Gasteiger partial charge in [0.1, 0.15) is 17.4 Å². The number of unbranched alkanes of at least 4 members (excludes halogenated alkanes) is 2. The summed E-state index contributed by atoms with van der Waals surface area (Å²) in [6, 6.07) is 9.19. The van der Waals surface area contributed by atoms with Crippen molar-refractivity contribution in [2.75, 3.05) is 6.61 Å². The van der Waals surface area contributed by atoms with E-state index in [-0.39, 0.29) is 0 Å². The molecule has 0 heterocycles. The number of rotatable bonds is 5. The Balaban J connectivity index is 2.52. The first kappa shape index (κ1) is 12.4. The van der Waals surface area contributed by atoms with Crippen molar-refractivity contribution in [1.82, 2.24) is 0 Å². The molecule has 16 heavy (non-hydrogen) atoms. The van der Waals surface area contributed by atoms with Crippen molar-refractivity contribution in [3.63, 3.8) is 0 Å². The fourth-order valence-corrected chi connectivity index (χ4v) is 1.43. The topological polar surface area (TPSA) is 56.8 Å². The average molecular weight is 235 g/mol. The molecule has 0 aliphatic rings. The van der Waals surface area contributed by atoms with Crippen LogP contribution in [0.2, 0.25) is 5.02 Å². The minimum absolute atomic E-state index is 0.365. The van der Waals surface area contributed by atoms with Crippen LogP contribution in [0.5, 0.6) is 5.75 Å². The van der Waals surface area contributed by atoms with E-state index in [2.05, 4.69) is 6.07 Å². The molecule has 0 N–H and O–H groups in total. The molecule has 82 valence electrons. The van der Waals surface area contributed by atoms with Crippen molar-refractivity contribution >= 4 is 11.6 Å². The van der Waals surface area contributed by atoms with Gasteiger partial charge in [-0.1, -0.05) is 17.7 Å². The van der Waals surface area contributed by atoms with E-state index in [1.54, 1.807) is 18.2 Å². The number of nitriles is 2. The Morgan fingerprint density at radius 2 is 2.06 bits per heavy atom. The molecule has 0 spiro atoms. The van der Waals surface area contributed by atoms with Gasteiger partial charge in [0.15, 0.2) is 0 Å². The van der Waals surface area contributed by atoms with Crippen LogP contribution in [0.15, 0.2) is 18.2 Å². The number of nitrogens with zero attached hydrogens (tertiary/aromatic N) is 2. The second-order valence-electron chi connectivity index (χ2n) is 3.19. The lowest BCUT2D eigenvalue weighted by atomic mass is 10.2. The minimum atomic E-state index is 0.365. The van der Waals surface area contributed by atoms with Crippen LogP contribution in [0.25, 0.3) is 0 Å². The Labute approximate surface area is 99.8 Å². The quantitative estimate of drug-likeness (QED) is 0.735. The molecule has 0 aromatic heterocycles. The van der Waals surface area contributed by atoms with Crippen LogP contribution in [0.3, 0.4) is 0 Å². The van der Waals surface area contributed by atoms with E-state index >= 15 is 0 Å². The number of hydrogen-bond donors (Lipinski definition) is 0. The molecule has 0 fully saturated rings. The highest BCUT2D eigenvalue weighted by Gasteiger charge is 2.06. The van der Waals surface area contributed by atoms with Gasteiger partial charge in [-0.05, 0) is 25.0 Å². The molecule has 1 aromatic carbocycles. The van der Waals surface area contributed by atoms with Crippen LogP contribution in [0.1, 0.15) is 24.8 Å². The monoisotopic (exact) mass is 234 g/mol. The second kappa shape index (κ2) is 6.71. The molecule has 1 aromatic rings. The van der Waals surface area contributed by atoms with Crippen LogP contribution in [-0.2, 0) is 0 Å². The third-order valence-electron chi connectivity index (χ3n) is 2.03. The average Bonchev–Trinajstić information content (AvgIpc) is 2.29. The summed E-state index contributed by atoms with van der Waals surface area (Å²) >= 11 is 5.85. The molecule has 0 aliphatic heterocycles. The fraction of sp³-hybridized carbons (Fsp3) is 0.333. The summed E-state index contributed by atoms with van der Waals surface area (Å²) in [5, 5.41) is 17.6. The van der Waals surface area contributed by atoms with Crippen molar-refractivity contribution < 1.29 is 4.74 Å². The zero-order valence-corrected chi connectivity index (χ0v) is 9.50. The molecule has 0 bridgehead atoms. The molecule has 0 saturated carbocycles. The predicted molar refractivity (Wildman–Crippen MR) is 61.1 cm³/mol. The van der Waals surface area contributed by atoms with Crippen molar-refractivity contribution in [2.24, 2.45) is 0 Å². The van der Waals surface area contributed by atoms with E-state index in [9.17, 15) is 0 Å². The Bertz CT molecular complexity index is 432. The van der Waals surface area contributed by atoms with Crippen molar-refractivity contribution in [1.29, 1.82) is 10.5 Å². The summed E-state index contributed by atoms with van der Waals surface area (Å²) in [6.07, 6.45) is 2.13. The fourth-order valence-electron chi connectivity index (χ4n) is 1.22. The van der Waals surface area contributed by atoms with E-state index in [0.29, 0.717) is 29.4 Å². The maximum Gasteiger partial charge on any atom is 0.138 e. The number of hydrogen-bond acceptors (Lipinski definition) is 3. The minimum Gasteiger partial charge on any atom is -0.492 e. The van der Waals surface area contributed by atoms with Crippen LogP contribution in [-0.4, -0.2) is 6.61 Å². The molecular weight excluding hydrogens is 224 g/mol. The molecule has 4 heteroatoms. The lowest BCUT2D eigenvalue weighted by Crippen LogP contribution is -1.99. The first-order valence-corrected chi connectivity index (χ1v) is 5.35. The van der Waals surface area contributed by atoms with Gasteiger partial charge in [-0.2, -0.15) is 10.5 Å². The predicted octanol–water partition coefficient (Wildman–Crippen LogP) is 3.28. The van der Waals surface area contributed by atoms with Gasteiger partial charge in [0.2, 0.25) is 0 Å². The number of benzene rings is 1. The van der Waals surface area contributed by atoms with E-state index in [0.717, 1.165) is 12.8 Å². The molecule has 3 nitrogen and oxygen atoms in total. The Morgan fingerprint density at radius 3 is 2.75 bits per heavy atom. The Morgan fingerprint density at radius 1 is 1.25 bits per heavy atom. The second-order valence-corrected chi connectivity index (χ2v) is 3.60. The van der Waals surface area contributed by atoms with Gasteiger partial charge in [-0.25, -0.2) is 0 Å². The normalized spacial score (nSPS) is 9.19. The highest BCUT2D eigenvalue weighted by molar-refractivity contribution is 6.31. The molecule has 0 unspecified atom stereocenters. The molecular formula is C12H11ClN2O. The van der Waals surface area contributed by atoms with E-state index < -0.39 is 0 Å². The summed E-state index contributed by atoms with van der Waals surface area (Å²) < 4.78 is 5.44. The summed E-state index contributed by atoms with van der Waals surface area (Å²) in [4.78, 5) is 0. The van der Waals surface area contributed by atoms with Gasteiger partial charge in [-0.15, -0.1) is 0 Å². The molecule has 0 aliphatic carbocycles. The maximum atomic E-state index is 8.88. The summed E-state index contributed by atoms with van der Waals surface area (Å²) in [5.41, 5.74) is 0.365. The van der Waals surface area contributed by atoms with Gasteiger partial charge in [0, 0.05) is 6.42 Å². The lowest BCUT2D eigenvalue weighted by molar-refractivity contribution is 0.307. The summed E-state index contributed by atoms with van der Waals surface area (Å²) in [6.45, 7) is 0.497. The van der Waals surface area contributed by atoms with E-state index in [1.807, 2.05) is 6.07 Å². The zero-order valence-electron chi connectivity index (χ0n) is 8.74. The van der Waals surface area contributed by atoms with Crippen LogP contribution in [0.4, 0.5) is 0 Å². The smallest absolute Gasteiger partial charge is 0.138 e. The summed E-state index contributed by atoms with van der Waals surface area (Å²) in [5.74, 6) is 0.506. The molecule has 0 atom stereocenters. The largest absolute Gasteiger partial charge is 0.492 e. The van der Waals surface area contributed by atoms with E-state index in [4.69, 9.17) is 26.9 Å². The lowest BCUT2D eigenvalue weighted by Gasteiger charge is -2.07. The highest BCUT2D eigenvalue weighted by Crippen LogP contribution is 2.25. The molecule has 0 amide bonds. The van der Waals surface area contributed by atoms with Gasteiger partial charge in [0.25, 0.3) is 0 Å². The van der Waals surface area contributed by atoms with E-state index in [1.165, 1.54) is 0 Å². The third kappa shape index (κ3) is 3.46.